The third kappa shape index (κ3) is 1.98. The molecule has 1 aromatic carbocycles. The van der Waals surface area contributed by atoms with Crippen LogP contribution < -0.4 is 4.74 Å². The molecule has 3 heteroatoms. The third-order valence-corrected chi connectivity index (χ3v) is 4.05. The van der Waals surface area contributed by atoms with Crippen LogP contribution in [0.3, 0.4) is 0 Å². The molecule has 0 atom stereocenters. The maximum Gasteiger partial charge on any atom is 0.120 e. The zero-order valence-corrected chi connectivity index (χ0v) is 10.7. The van der Waals surface area contributed by atoms with Crippen LogP contribution in [-0.2, 0) is 4.74 Å². The first-order valence-electron chi connectivity index (χ1n) is 5.82. The van der Waals surface area contributed by atoms with Gasteiger partial charge in [0.2, 0.25) is 0 Å². The van der Waals surface area contributed by atoms with Gasteiger partial charge in [-0.05, 0) is 43.9 Å². The fourth-order valence-corrected chi connectivity index (χ4v) is 3.03. The Morgan fingerprint density at radius 1 is 1.38 bits per heavy atom. The Morgan fingerprint density at radius 3 is 2.81 bits per heavy atom. The quantitative estimate of drug-likeness (QED) is 0.844. The van der Waals surface area contributed by atoms with Gasteiger partial charge < -0.3 is 9.47 Å². The molecule has 0 amide bonds. The molecule has 0 spiro atoms. The van der Waals surface area contributed by atoms with Gasteiger partial charge in [0.1, 0.15) is 18.0 Å². The second-order valence-electron chi connectivity index (χ2n) is 4.75. The zero-order valence-electron chi connectivity index (χ0n) is 9.12. The molecular formula is C13H15BrO2. The standard InChI is InChI=1S/C13H15BrO2/c14-10-2-1-3-12(8-10)15-9-13-6-4-11(16-13)5-7-13/h1-3,8,11H,4-7,9H2. The highest BCUT2D eigenvalue weighted by atomic mass is 79.9. The highest BCUT2D eigenvalue weighted by Gasteiger charge is 2.46. The summed E-state index contributed by atoms with van der Waals surface area (Å²) in [7, 11) is 0. The van der Waals surface area contributed by atoms with Crippen molar-refractivity contribution >= 4 is 15.9 Å². The molecule has 0 radical (unpaired) electrons. The van der Waals surface area contributed by atoms with Crippen LogP contribution in [0, 0.1) is 0 Å². The summed E-state index contributed by atoms with van der Waals surface area (Å²) in [6.07, 6.45) is 5.24. The molecule has 1 aromatic rings. The maximum atomic E-state index is 5.98. The summed E-state index contributed by atoms with van der Waals surface area (Å²) >= 11 is 3.44. The average Bonchev–Trinajstić information content (AvgIpc) is 2.87. The fourth-order valence-electron chi connectivity index (χ4n) is 2.66. The molecule has 2 fully saturated rings. The van der Waals surface area contributed by atoms with Crippen molar-refractivity contribution in [1.82, 2.24) is 0 Å². The number of benzene rings is 1. The van der Waals surface area contributed by atoms with Crippen LogP contribution in [0.25, 0.3) is 0 Å². The highest BCUT2D eigenvalue weighted by molar-refractivity contribution is 9.10. The zero-order chi connectivity index (χ0) is 11.0. The summed E-state index contributed by atoms with van der Waals surface area (Å²) in [6.45, 7) is 0.694. The molecule has 2 nitrogen and oxygen atoms in total. The van der Waals surface area contributed by atoms with Gasteiger partial charge in [0.25, 0.3) is 0 Å². The first-order chi connectivity index (χ1) is 7.76. The topological polar surface area (TPSA) is 18.5 Å². The van der Waals surface area contributed by atoms with E-state index in [1.807, 2.05) is 24.3 Å². The van der Waals surface area contributed by atoms with Gasteiger partial charge in [0.05, 0.1) is 6.10 Å². The second-order valence-corrected chi connectivity index (χ2v) is 5.66. The molecule has 0 unspecified atom stereocenters. The number of hydrogen-bond acceptors (Lipinski definition) is 2. The van der Waals surface area contributed by atoms with Crippen molar-refractivity contribution in [3.05, 3.63) is 28.7 Å². The van der Waals surface area contributed by atoms with Crippen LogP contribution in [-0.4, -0.2) is 18.3 Å². The SMILES string of the molecule is Brc1cccc(OCC23CCC(CC2)O3)c1. The van der Waals surface area contributed by atoms with Gasteiger partial charge in [-0.15, -0.1) is 0 Å². The molecule has 2 aliphatic rings. The van der Waals surface area contributed by atoms with Crippen molar-refractivity contribution in [1.29, 1.82) is 0 Å². The lowest BCUT2D eigenvalue weighted by atomic mass is 9.89. The molecule has 3 rings (SSSR count). The van der Waals surface area contributed by atoms with Crippen LogP contribution in [0.2, 0.25) is 0 Å². The molecule has 2 heterocycles. The summed E-state index contributed by atoms with van der Waals surface area (Å²) in [4.78, 5) is 0. The normalized spacial score (nSPS) is 31.9. The lowest BCUT2D eigenvalue weighted by Crippen LogP contribution is -2.32. The number of ether oxygens (including phenoxy) is 2. The monoisotopic (exact) mass is 282 g/mol. The molecule has 0 aromatic heterocycles. The predicted molar refractivity (Wildman–Crippen MR) is 65.7 cm³/mol. The van der Waals surface area contributed by atoms with Crippen LogP contribution in [0.4, 0.5) is 0 Å². The maximum absolute atomic E-state index is 5.98. The molecule has 2 bridgehead atoms. The molecule has 0 N–H and O–H groups in total. The third-order valence-electron chi connectivity index (χ3n) is 3.56. The summed E-state index contributed by atoms with van der Waals surface area (Å²) < 4.78 is 12.9. The molecule has 0 aliphatic carbocycles. The largest absolute Gasteiger partial charge is 0.491 e. The van der Waals surface area contributed by atoms with Crippen LogP contribution in [0.1, 0.15) is 25.7 Å². The average molecular weight is 283 g/mol. The van der Waals surface area contributed by atoms with Gasteiger partial charge in [-0.3, -0.25) is 0 Å². The Balaban J connectivity index is 1.64. The van der Waals surface area contributed by atoms with E-state index in [1.165, 1.54) is 12.8 Å². The van der Waals surface area contributed by atoms with Crippen molar-refractivity contribution in [3.8, 4) is 5.75 Å². The van der Waals surface area contributed by atoms with E-state index in [1.54, 1.807) is 0 Å². The second kappa shape index (κ2) is 4.04. The van der Waals surface area contributed by atoms with Gasteiger partial charge in [-0.25, -0.2) is 0 Å². The molecule has 2 aliphatic heterocycles. The van der Waals surface area contributed by atoms with E-state index < -0.39 is 0 Å². The van der Waals surface area contributed by atoms with Crippen molar-refractivity contribution in [2.75, 3.05) is 6.61 Å². The number of halogens is 1. The molecule has 0 saturated carbocycles. The van der Waals surface area contributed by atoms with Crippen molar-refractivity contribution < 1.29 is 9.47 Å². The van der Waals surface area contributed by atoms with E-state index in [-0.39, 0.29) is 5.60 Å². The van der Waals surface area contributed by atoms with Crippen molar-refractivity contribution in [2.24, 2.45) is 0 Å². The van der Waals surface area contributed by atoms with Crippen molar-refractivity contribution in [2.45, 2.75) is 37.4 Å². The van der Waals surface area contributed by atoms with Gasteiger partial charge >= 0.3 is 0 Å². The summed E-state index contributed by atoms with van der Waals surface area (Å²) in [5.41, 5.74) is 0.0208. The summed E-state index contributed by atoms with van der Waals surface area (Å²) in [5, 5.41) is 0. The van der Waals surface area contributed by atoms with Crippen molar-refractivity contribution in [3.63, 3.8) is 0 Å². The number of hydrogen-bond donors (Lipinski definition) is 0. The Morgan fingerprint density at radius 2 is 2.19 bits per heavy atom. The predicted octanol–water partition coefficient (Wildman–Crippen LogP) is 3.54. The van der Waals surface area contributed by atoms with E-state index in [0.717, 1.165) is 23.1 Å². The smallest absolute Gasteiger partial charge is 0.120 e. The van der Waals surface area contributed by atoms with E-state index in [9.17, 15) is 0 Å². The van der Waals surface area contributed by atoms with Crippen LogP contribution >= 0.6 is 15.9 Å². The van der Waals surface area contributed by atoms with Gasteiger partial charge in [-0.1, -0.05) is 22.0 Å². The molecule has 16 heavy (non-hydrogen) atoms. The minimum absolute atomic E-state index is 0.0208. The van der Waals surface area contributed by atoms with Crippen LogP contribution in [0.15, 0.2) is 28.7 Å². The highest BCUT2D eigenvalue weighted by Crippen LogP contribution is 2.43. The summed E-state index contributed by atoms with van der Waals surface area (Å²) in [6, 6.07) is 7.98. The van der Waals surface area contributed by atoms with Gasteiger partial charge in [0, 0.05) is 4.47 Å². The first-order valence-corrected chi connectivity index (χ1v) is 6.61. The number of rotatable bonds is 3. The molecule has 86 valence electrons. The minimum Gasteiger partial charge on any atom is -0.491 e. The molecule has 2 saturated heterocycles. The Kier molecular flexibility index (Phi) is 2.68. The fraction of sp³-hybridized carbons (Fsp3) is 0.538. The van der Waals surface area contributed by atoms with E-state index in [0.29, 0.717) is 12.7 Å². The minimum atomic E-state index is 0.0208. The Hall–Kier alpha value is -0.540. The Labute approximate surface area is 104 Å². The van der Waals surface area contributed by atoms with Gasteiger partial charge in [0.15, 0.2) is 0 Å². The lowest BCUT2D eigenvalue weighted by molar-refractivity contribution is -0.0198. The number of fused-ring (bicyclic) bond motifs is 2. The van der Waals surface area contributed by atoms with Crippen LogP contribution in [0.5, 0.6) is 5.75 Å². The molecular weight excluding hydrogens is 268 g/mol. The van der Waals surface area contributed by atoms with Gasteiger partial charge in [-0.2, -0.15) is 0 Å². The van der Waals surface area contributed by atoms with E-state index in [4.69, 9.17) is 9.47 Å². The summed E-state index contributed by atoms with van der Waals surface area (Å²) in [5.74, 6) is 0.919. The first kappa shape index (κ1) is 10.6. The Bertz CT molecular complexity index is 383. The lowest BCUT2D eigenvalue weighted by Gasteiger charge is -2.24. The van der Waals surface area contributed by atoms with E-state index in [2.05, 4.69) is 15.9 Å². The van der Waals surface area contributed by atoms with E-state index >= 15 is 0 Å².